The third kappa shape index (κ3) is 3.16. The monoisotopic (exact) mass is 377 g/mol. The first-order valence-electron chi connectivity index (χ1n) is 8.32. The Bertz CT molecular complexity index is 1310. The Morgan fingerprint density at radius 1 is 1.00 bits per heavy atom. The van der Waals surface area contributed by atoms with Crippen LogP contribution in [0.3, 0.4) is 0 Å². The van der Waals surface area contributed by atoms with Crippen molar-refractivity contribution < 1.29 is 4.74 Å². The SMILES string of the molecule is COc1ccc(-n2c(Nc3cc(=O)[nH]c(=O)[nH]3)nc3ccccc3c2=O)cc1. The summed E-state index contributed by atoms with van der Waals surface area (Å²) in [6.45, 7) is 0. The van der Waals surface area contributed by atoms with Crippen molar-refractivity contribution in [3.8, 4) is 11.4 Å². The molecule has 0 fully saturated rings. The van der Waals surface area contributed by atoms with Gasteiger partial charge in [-0.15, -0.1) is 0 Å². The number of H-pyrrole nitrogens is 2. The van der Waals surface area contributed by atoms with Gasteiger partial charge in [0.05, 0.1) is 23.7 Å². The Hall–Kier alpha value is -4.14. The van der Waals surface area contributed by atoms with Gasteiger partial charge >= 0.3 is 5.69 Å². The third-order valence-electron chi connectivity index (χ3n) is 4.11. The summed E-state index contributed by atoms with van der Waals surface area (Å²) >= 11 is 0. The maximum Gasteiger partial charge on any atom is 0.327 e. The molecule has 0 aliphatic carbocycles. The molecule has 0 unspecified atom stereocenters. The molecule has 0 bridgehead atoms. The van der Waals surface area contributed by atoms with Gasteiger partial charge in [0.2, 0.25) is 5.95 Å². The number of anilines is 2. The lowest BCUT2D eigenvalue weighted by molar-refractivity contribution is 0.414. The number of methoxy groups -OCH3 is 1. The van der Waals surface area contributed by atoms with E-state index in [0.29, 0.717) is 22.3 Å². The normalized spacial score (nSPS) is 10.8. The molecule has 4 rings (SSSR count). The minimum Gasteiger partial charge on any atom is -0.497 e. The molecule has 0 saturated heterocycles. The van der Waals surface area contributed by atoms with Crippen molar-refractivity contribution in [1.82, 2.24) is 19.5 Å². The minimum atomic E-state index is -0.672. The van der Waals surface area contributed by atoms with Crippen LogP contribution in [0.2, 0.25) is 0 Å². The molecule has 0 amide bonds. The number of para-hydroxylation sites is 1. The zero-order chi connectivity index (χ0) is 19.7. The molecule has 0 atom stereocenters. The van der Waals surface area contributed by atoms with Crippen LogP contribution in [0.5, 0.6) is 5.75 Å². The third-order valence-corrected chi connectivity index (χ3v) is 4.11. The van der Waals surface area contributed by atoms with Crippen LogP contribution in [0.25, 0.3) is 16.6 Å². The number of rotatable bonds is 4. The van der Waals surface area contributed by atoms with Crippen molar-refractivity contribution in [2.75, 3.05) is 12.4 Å². The summed E-state index contributed by atoms with van der Waals surface area (Å²) in [5, 5.41) is 3.29. The molecule has 28 heavy (non-hydrogen) atoms. The minimum absolute atomic E-state index is 0.109. The number of hydrogen-bond donors (Lipinski definition) is 3. The molecule has 9 heteroatoms. The summed E-state index contributed by atoms with van der Waals surface area (Å²) in [5.74, 6) is 0.896. The lowest BCUT2D eigenvalue weighted by atomic mass is 10.2. The molecular formula is C19H15N5O4. The van der Waals surface area contributed by atoms with Crippen LogP contribution in [0.15, 0.2) is 69.0 Å². The van der Waals surface area contributed by atoms with Crippen molar-refractivity contribution in [2.45, 2.75) is 0 Å². The molecule has 140 valence electrons. The summed E-state index contributed by atoms with van der Waals surface area (Å²) in [7, 11) is 1.55. The summed E-state index contributed by atoms with van der Waals surface area (Å²) < 4.78 is 6.52. The number of fused-ring (bicyclic) bond motifs is 1. The Morgan fingerprint density at radius 2 is 1.75 bits per heavy atom. The first-order valence-corrected chi connectivity index (χ1v) is 8.32. The Morgan fingerprint density at radius 3 is 2.46 bits per heavy atom. The largest absolute Gasteiger partial charge is 0.497 e. The van der Waals surface area contributed by atoms with E-state index < -0.39 is 11.2 Å². The van der Waals surface area contributed by atoms with Gasteiger partial charge in [0.1, 0.15) is 11.6 Å². The van der Waals surface area contributed by atoms with Gasteiger partial charge in [0, 0.05) is 6.07 Å². The van der Waals surface area contributed by atoms with Crippen LogP contribution in [0.4, 0.5) is 11.8 Å². The Balaban J connectivity index is 1.96. The molecule has 2 aromatic carbocycles. The quantitative estimate of drug-likeness (QED) is 0.496. The van der Waals surface area contributed by atoms with E-state index in [1.807, 2.05) is 0 Å². The van der Waals surface area contributed by atoms with E-state index in [9.17, 15) is 14.4 Å². The van der Waals surface area contributed by atoms with Gasteiger partial charge in [-0.05, 0) is 36.4 Å². The fourth-order valence-corrected chi connectivity index (χ4v) is 2.84. The predicted molar refractivity (Wildman–Crippen MR) is 105 cm³/mol. The highest BCUT2D eigenvalue weighted by atomic mass is 16.5. The molecule has 9 nitrogen and oxygen atoms in total. The van der Waals surface area contributed by atoms with E-state index in [1.54, 1.807) is 55.6 Å². The van der Waals surface area contributed by atoms with Gasteiger partial charge in [0.25, 0.3) is 11.1 Å². The number of hydrogen-bond acceptors (Lipinski definition) is 6. The second-order valence-electron chi connectivity index (χ2n) is 5.92. The highest BCUT2D eigenvalue weighted by Gasteiger charge is 2.13. The molecular weight excluding hydrogens is 362 g/mol. The van der Waals surface area contributed by atoms with E-state index in [0.717, 1.165) is 0 Å². The molecule has 0 saturated carbocycles. The lowest BCUT2D eigenvalue weighted by Gasteiger charge is -2.15. The first-order chi connectivity index (χ1) is 13.5. The van der Waals surface area contributed by atoms with E-state index >= 15 is 0 Å². The standard InChI is InChI=1S/C19H15N5O4/c1-28-12-8-6-11(7-9-12)24-17(26)13-4-2-3-5-14(13)20-18(24)21-15-10-16(25)23-19(27)22-15/h2-10H,1H3,(H3,20,21,22,23,25,27). The molecule has 2 aromatic heterocycles. The number of ether oxygens (including phenoxy) is 1. The van der Waals surface area contributed by atoms with Crippen LogP contribution < -0.4 is 26.9 Å². The Labute approximate surface area is 157 Å². The highest BCUT2D eigenvalue weighted by molar-refractivity contribution is 5.79. The van der Waals surface area contributed by atoms with E-state index in [1.165, 1.54) is 10.6 Å². The van der Waals surface area contributed by atoms with Gasteiger partial charge in [-0.3, -0.25) is 19.6 Å². The van der Waals surface area contributed by atoms with Gasteiger partial charge < -0.3 is 10.1 Å². The van der Waals surface area contributed by atoms with Crippen LogP contribution in [-0.4, -0.2) is 26.6 Å². The molecule has 0 spiro atoms. The van der Waals surface area contributed by atoms with Crippen LogP contribution >= 0.6 is 0 Å². The number of benzene rings is 2. The van der Waals surface area contributed by atoms with Gasteiger partial charge in [-0.2, -0.15) is 0 Å². The molecule has 2 heterocycles. The zero-order valence-corrected chi connectivity index (χ0v) is 14.7. The highest BCUT2D eigenvalue weighted by Crippen LogP contribution is 2.20. The fraction of sp³-hybridized carbons (Fsp3) is 0.0526. The van der Waals surface area contributed by atoms with Crippen LogP contribution in [0.1, 0.15) is 0 Å². The Kier molecular flexibility index (Phi) is 4.24. The van der Waals surface area contributed by atoms with Crippen molar-refractivity contribution >= 4 is 22.7 Å². The molecule has 4 aromatic rings. The summed E-state index contributed by atoms with van der Waals surface area (Å²) in [4.78, 5) is 45.3. The maximum absolute atomic E-state index is 13.1. The van der Waals surface area contributed by atoms with E-state index in [4.69, 9.17) is 4.74 Å². The maximum atomic E-state index is 13.1. The van der Waals surface area contributed by atoms with Gasteiger partial charge in [-0.1, -0.05) is 12.1 Å². The predicted octanol–water partition coefficient (Wildman–Crippen LogP) is 1.51. The van der Waals surface area contributed by atoms with Crippen molar-refractivity contribution in [3.63, 3.8) is 0 Å². The second kappa shape index (κ2) is 6.88. The molecule has 0 radical (unpaired) electrons. The van der Waals surface area contributed by atoms with E-state index in [-0.39, 0.29) is 17.3 Å². The first kappa shape index (κ1) is 17.3. The van der Waals surface area contributed by atoms with Gasteiger partial charge in [-0.25, -0.2) is 14.3 Å². The van der Waals surface area contributed by atoms with Crippen molar-refractivity contribution in [2.24, 2.45) is 0 Å². The average Bonchev–Trinajstić information content (AvgIpc) is 2.68. The summed E-state index contributed by atoms with van der Waals surface area (Å²) in [5.41, 5.74) is -0.532. The topological polar surface area (TPSA) is 122 Å². The fourth-order valence-electron chi connectivity index (χ4n) is 2.84. The zero-order valence-electron chi connectivity index (χ0n) is 14.7. The van der Waals surface area contributed by atoms with Crippen molar-refractivity contribution in [3.05, 3.63) is 85.8 Å². The lowest BCUT2D eigenvalue weighted by Crippen LogP contribution is -2.25. The van der Waals surface area contributed by atoms with E-state index in [2.05, 4.69) is 20.3 Å². The summed E-state index contributed by atoms with van der Waals surface area (Å²) in [6.07, 6.45) is 0. The van der Waals surface area contributed by atoms with Crippen LogP contribution in [-0.2, 0) is 0 Å². The number of nitrogens with zero attached hydrogens (tertiary/aromatic N) is 2. The summed E-state index contributed by atoms with van der Waals surface area (Å²) in [6, 6.07) is 14.9. The molecule has 0 aliphatic heterocycles. The van der Waals surface area contributed by atoms with Crippen molar-refractivity contribution in [1.29, 1.82) is 0 Å². The second-order valence-corrected chi connectivity index (χ2v) is 5.92. The van der Waals surface area contributed by atoms with Crippen LogP contribution in [0, 0.1) is 0 Å². The average molecular weight is 377 g/mol. The number of nitrogens with one attached hydrogen (secondary N) is 3. The van der Waals surface area contributed by atoms with Gasteiger partial charge in [0.15, 0.2) is 0 Å². The number of aromatic nitrogens is 4. The smallest absolute Gasteiger partial charge is 0.327 e. The number of aromatic amines is 2. The molecule has 3 N–H and O–H groups in total. The molecule has 0 aliphatic rings.